The molecular formula is C26H20Cl2N4O4S. The van der Waals surface area contributed by atoms with Crippen LogP contribution in [-0.4, -0.2) is 58.5 Å². The molecule has 2 saturated heterocycles. The van der Waals surface area contributed by atoms with Crippen LogP contribution in [0.25, 0.3) is 0 Å². The zero-order chi connectivity index (χ0) is 26.5. The second-order valence-electron chi connectivity index (χ2n) is 9.06. The molecule has 2 aliphatic rings. The Morgan fingerprint density at radius 1 is 1.14 bits per heavy atom. The quantitative estimate of drug-likeness (QED) is 0.442. The molecule has 5 rings (SSSR count). The van der Waals surface area contributed by atoms with Gasteiger partial charge < -0.3 is 10.0 Å². The number of hydrogen-bond donors (Lipinski definition) is 1. The predicted molar refractivity (Wildman–Crippen MR) is 140 cm³/mol. The first kappa shape index (κ1) is 25.2. The Bertz CT molecular complexity index is 1450. The van der Waals surface area contributed by atoms with Gasteiger partial charge in [0.1, 0.15) is 10.4 Å². The number of imide groups is 1. The molecule has 3 aromatic rings. The van der Waals surface area contributed by atoms with Gasteiger partial charge in [-0.3, -0.25) is 9.69 Å². The van der Waals surface area contributed by atoms with E-state index in [1.165, 1.54) is 34.4 Å². The van der Waals surface area contributed by atoms with Crippen molar-refractivity contribution in [3.8, 4) is 6.07 Å². The topological polar surface area (TPSA) is 105 Å². The predicted octanol–water partition coefficient (Wildman–Crippen LogP) is 5.06. The van der Waals surface area contributed by atoms with E-state index in [-0.39, 0.29) is 17.1 Å². The van der Waals surface area contributed by atoms with Crippen LogP contribution in [0.2, 0.25) is 10.0 Å². The summed E-state index contributed by atoms with van der Waals surface area (Å²) >= 11 is 13.5. The van der Waals surface area contributed by atoms with E-state index in [0.29, 0.717) is 28.7 Å². The Labute approximate surface area is 226 Å². The van der Waals surface area contributed by atoms with Crippen molar-refractivity contribution >= 4 is 58.1 Å². The van der Waals surface area contributed by atoms with Gasteiger partial charge in [-0.25, -0.2) is 14.5 Å². The number of halogens is 2. The van der Waals surface area contributed by atoms with Crippen LogP contribution in [0.4, 0.5) is 10.5 Å². The summed E-state index contributed by atoms with van der Waals surface area (Å²) in [5.74, 6) is -1.79. The molecule has 0 unspecified atom stereocenters. The summed E-state index contributed by atoms with van der Waals surface area (Å²) in [6.07, 6.45) is 0. The van der Waals surface area contributed by atoms with Gasteiger partial charge in [-0.15, -0.1) is 11.3 Å². The van der Waals surface area contributed by atoms with E-state index in [1.54, 1.807) is 31.3 Å². The van der Waals surface area contributed by atoms with Gasteiger partial charge in [0, 0.05) is 47.5 Å². The highest BCUT2D eigenvalue weighted by atomic mass is 35.5. The lowest BCUT2D eigenvalue weighted by Gasteiger charge is -2.34. The normalized spacial score (nSPS) is 21.7. The van der Waals surface area contributed by atoms with Crippen LogP contribution in [0.3, 0.4) is 0 Å². The minimum atomic E-state index is -1.23. The first-order valence-corrected chi connectivity index (χ1v) is 12.8. The smallest absolute Gasteiger partial charge is 0.345 e. The number of amides is 3. The summed E-state index contributed by atoms with van der Waals surface area (Å²) in [7, 11) is 1.61. The van der Waals surface area contributed by atoms with Gasteiger partial charge >= 0.3 is 12.0 Å². The Hall–Kier alpha value is -3.42. The fourth-order valence-electron chi connectivity index (χ4n) is 5.21. The van der Waals surface area contributed by atoms with Gasteiger partial charge in [-0.2, -0.15) is 5.26 Å². The fourth-order valence-corrected chi connectivity index (χ4v) is 6.62. The molecule has 3 amide bonds. The van der Waals surface area contributed by atoms with Crippen LogP contribution in [0.5, 0.6) is 0 Å². The molecule has 3 heterocycles. The monoisotopic (exact) mass is 554 g/mol. The lowest BCUT2D eigenvalue weighted by Crippen LogP contribution is -2.53. The molecule has 0 aliphatic carbocycles. The van der Waals surface area contributed by atoms with E-state index in [0.717, 1.165) is 15.3 Å². The molecule has 8 nitrogen and oxygen atoms in total. The van der Waals surface area contributed by atoms with Gasteiger partial charge in [0.15, 0.2) is 0 Å². The molecular weight excluding hydrogens is 535 g/mol. The first-order valence-electron chi connectivity index (χ1n) is 11.3. The van der Waals surface area contributed by atoms with E-state index in [2.05, 4.69) is 11.0 Å². The largest absolute Gasteiger partial charge is 0.477 e. The number of nitriles is 1. The molecule has 1 spiro atoms. The Balaban J connectivity index is 1.56. The zero-order valence-electron chi connectivity index (χ0n) is 19.5. The second kappa shape index (κ2) is 9.47. The van der Waals surface area contributed by atoms with Crippen LogP contribution in [0.15, 0.2) is 54.6 Å². The van der Waals surface area contributed by atoms with Crippen molar-refractivity contribution in [1.29, 1.82) is 5.26 Å². The molecule has 0 saturated carbocycles. The number of carbonyl (C=O) groups is 3. The van der Waals surface area contributed by atoms with Gasteiger partial charge in [-0.1, -0.05) is 35.3 Å². The standard InChI is InChI=1S/C26H20Cl2N4O4S/c1-30-25(36)32(19-9-17(27)8-18(28)10-19)24(35)26(30)14-31(12-20-6-7-22(37-20)23(33)34)13-21(26)16-4-2-15(11-29)3-5-16/h2-10,21H,12-14H2,1H3,(H,33,34)/t21-,26-/m1/s1. The molecule has 11 heteroatoms. The van der Waals surface area contributed by atoms with Gasteiger partial charge in [-0.05, 0) is 48.0 Å². The molecule has 2 atom stereocenters. The van der Waals surface area contributed by atoms with Crippen LogP contribution in [-0.2, 0) is 11.3 Å². The third kappa shape index (κ3) is 4.26. The minimum Gasteiger partial charge on any atom is -0.477 e. The van der Waals surface area contributed by atoms with Crippen LogP contribution >= 0.6 is 34.5 Å². The zero-order valence-corrected chi connectivity index (χ0v) is 21.8. The highest BCUT2D eigenvalue weighted by Gasteiger charge is 2.64. The Morgan fingerprint density at radius 2 is 1.81 bits per heavy atom. The molecule has 2 fully saturated rings. The van der Waals surface area contributed by atoms with Crippen molar-refractivity contribution in [2.24, 2.45) is 0 Å². The Morgan fingerprint density at radius 3 is 2.41 bits per heavy atom. The summed E-state index contributed by atoms with van der Waals surface area (Å²) in [6, 6.07) is 16.5. The van der Waals surface area contributed by atoms with Crippen molar-refractivity contribution in [2.45, 2.75) is 18.0 Å². The van der Waals surface area contributed by atoms with Crippen molar-refractivity contribution in [1.82, 2.24) is 9.80 Å². The number of likely N-dealkylation sites (tertiary alicyclic amines) is 1. The summed E-state index contributed by atoms with van der Waals surface area (Å²) in [4.78, 5) is 44.8. The maximum atomic E-state index is 14.2. The molecule has 188 valence electrons. The maximum absolute atomic E-state index is 14.2. The average molecular weight is 555 g/mol. The third-order valence-electron chi connectivity index (χ3n) is 6.93. The minimum absolute atomic E-state index is 0.237. The van der Waals surface area contributed by atoms with Crippen LogP contribution in [0.1, 0.15) is 31.6 Å². The van der Waals surface area contributed by atoms with E-state index in [9.17, 15) is 24.8 Å². The van der Waals surface area contributed by atoms with Crippen molar-refractivity contribution < 1.29 is 19.5 Å². The van der Waals surface area contributed by atoms with Crippen LogP contribution in [0, 0.1) is 11.3 Å². The number of carboxylic acids is 1. The molecule has 1 N–H and O–H groups in total. The lowest BCUT2D eigenvalue weighted by molar-refractivity contribution is -0.124. The van der Waals surface area contributed by atoms with Gasteiger partial charge in [0.05, 0.1) is 17.3 Å². The number of benzene rings is 2. The number of nitrogens with zero attached hydrogens (tertiary/aromatic N) is 4. The average Bonchev–Trinajstić information content (AvgIpc) is 3.53. The lowest BCUT2D eigenvalue weighted by atomic mass is 9.80. The van der Waals surface area contributed by atoms with Gasteiger partial charge in [0.25, 0.3) is 5.91 Å². The molecule has 2 aromatic carbocycles. The van der Waals surface area contributed by atoms with E-state index in [4.69, 9.17) is 23.2 Å². The van der Waals surface area contributed by atoms with Crippen molar-refractivity contribution in [3.63, 3.8) is 0 Å². The van der Waals surface area contributed by atoms with E-state index < -0.39 is 29.4 Å². The highest BCUT2D eigenvalue weighted by molar-refractivity contribution is 7.13. The second-order valence-corrected chi connectivity index (χ2v) is 11.1. The first-order chi connectivity index (χ1) is 17.6. The number of carbonyl (C=O) groups excluding carboxylic acids is 2. The number of carboxylic acid groups (broad SMARTS) is 1. The molecule has 0 radical (unpaired) electrons. The highest BCUT2D eigenvalue weighted by Crippen LogP contribution is 2.47. The summed E-state index contributed by atoms with van der Waals surface area (Å²) in [6.45, 7) is 1.11. The number of anilines is 1. The van der Waals surface area contributed by atoms with Crippen LogP contribution < -0.4 is 4.90 Å². The van der Waals surface area contributed by atoms with E-state index >= 15 is 0 Å². The van der Waals surface area contributed by atoms with Gasteiger partial charge in [0.2, 0.25) is 0 Å². The van der Waals surface area contributed by atoms with Crippen molar-refractivity contribution in [3.05, 3.63) is 85.5 Å². The number of urea groups is 1. The summed E-state index contributed by atoms with van der Waals surface area (Å²) in [5, 5.41) is 19.1. The SMILES string of the molecule is CN1C(=O)N(c2cc(Cl)cc(Cl)c2)C(=O)[C@]12CN(Cc1ccc(C(=O)O)s1)C[C@@H]2c1ccc(C#N)cc1. The molecule has 1 aromatic heterocycles. The number of likely N-dealkylation sites (N-methyl/N-ethyl adjacent to an activating group) is 1. The fraction of sp³-hybridized carbons (Fsp3) is 0.231. The number of thiophene rings is 1. The third-order valence-corrected chi connectivity index (χ3v) is 8.43. The number of aromatic carboxylic acids is 1. The number of hydrogen-bond acceptors (Lipinski definition) is 6. The van der Waals surface area contributed by atoms with Crippen molar-refractivity contribution in [2.75, 3.05) is 25.0 Å². The molecule has 2 aliphatic heterocycles. The summed E-state index contributed by atoms with van der Waals surface area (Å²) < 4.78 is 0. The van der Waals surface area contributed by atoms with E-state index in [1.807, 2.05) is 12.1 Å². The summed E-state index contributed by atoms with van der Waals surface area (Å²) in [5.41, 5.74) is 0.368. The molecule has 0 bridgehead atoms. The Kier molecular flexibility index (Phi) is 6.46. The molecule has 37 heavy (non-hydrogen) atoms. The maximum Gasteiger partial charge on any atom is 0.345 e. The number of rotatable bonds is 5.